The van der Waals surface area contributed by atoms with Crippen molar-refractivity contribution in [2.75, 3.05) is 7.05 Å². The number of benzene rings is 1. The molecule has 0 aromatic heterocycles. The molecule has 2 heterocycles. The van der Waals surface area contributed by atoms with Crippen molar-refractivity contribution in [3.8, 4) is 5.75 Å². The Hall–Kier alpha value is -1.81. The van der Waals surface area contributed by atoms with Gasteiger partial charge < -0.3 is 9.94 Å². The van der Waals surface area contributed by atoms with Gasteiger partial charge in [0.25, 0.3) is 0 Å². The number of nitrogens with zero attached hydrogens (tertiary/aromatic N) is 2. The zero-order valence-electron chi connectivity index (χ0n) is 10.5. The van der Waals surface area contributed by atoms with Crippen LogP contribution in [-0.2, 0) is 4.84 Å². The van der Waals surface area contributed by atoms with E-state index in [2.05, 4.69) is 16.6 Å². The molecular weight excluding hydrogens is 228 g/mol. The number of fused-ring (bicyclic) bond motifs is 3. The van der Waals surface area contributed by atoms with Crippen molar-refractivity contribution in [3.05, 3.63) is 42.0 Å². The van der Waals surface area contributed by atoms with Crippen molar-refractivity contribution in [2.45, 2.75) is 25.1 Å². The number of oxime groups is 1. The van der Waals surface area contributed by atoms with Gasteiger partial charge in [-0.1, -0.05) is 17.3 Å². The van der Waals surface area contributed by atoms with Gasteiger partial charge >= 0.3 is 0 Å². The summed E-state index contributed by atoms with van der Waals surface area (Å²) in [5, 5.41) is 13.8. The molecule has 0 saturated carbocycles. The molecule has 3 atom stereocenters. The van der Waals surface area contributed by atoms with E-state index in [1.807, 2.05) is 26.1 Å². The number of phenolic OH excluding ortho intramolecular Hbond substituents is 1. The molecule has 4 heteroatoms. The lowest BCUT2D eigenvalue weighted by atomic mass is 9.82. The van der Waals surface area contributed by atoms with E-state index in [1.165, 1.54) is 5.56 Å². The molecule has 2 aliphatic heterocycles. The standard InChI is InChI=1S/C14H16N2O2/c1-4-12-11-7-9(17)5-6-10(11)13-8(2)15-18-14(13)16(12)3/h4-7,12-14,17H,1H2,2-3H3/t12-,13-,14-/m1/s1. The van der Waals surface area contributed by atoms with Crippen LogP contribution >= 0.6 is 0 Å². The fourth-order valence-electron chi connectivity index (χ4n) is 2.92. The van der Waals surface area contributed by atoms with Crippen molar-refractivity contribution < 1.29 is 9.94 Å². The summed E-state index contributed by atoms with van der Waals surface area (Å²) < 4.78 is 0. The van der Waals surface area contributed by atoms with Crippen LogP contribution in [0.1, 0.15) is 30.0 Å². The number of aromatic hydroxyl groups is 1. The lowest BCUT2D eigenvalue weighted by Gasteiger charge is -2.39. The summed E-state index contributed by atoms with van der Waals surface area (Å²) in [4.78, 5) is 7.60. The molecule has 0 unspecified atom stereocenters. The molecule has 18 heavy (non-hydrogen) atoms. The predicted molar refractivity (Wildman–Crippen MR) is 69.5 cm³/mol. The maximum absolute atomic E-state index is 9.68. The van der Waals surface area contributed by atoms with Crippen molar-refractivity contribution in [1.29, 1.82) is 0 Å². The molecule has 1 aromatic carbocycles. The highest BCUT2D eigenvalue weighted by Gasteiger charge is 2.44. The van der Waals surface area contributed by atoms with E-state index in [1.54, 1.807) is 12.1 Å². The number of likely N-dealkylation sites (N-methyl/N-ethyl adjacent to an activating group) is 1. The topological polar surface area (TPSA) is 45.1 Å². The van der Waals surface area contributed by atoms with E-state index in [4.69, 9.17) is 4.84 Å². The summed E-state index contributed by atoms with van der Waals surface area (Å²) in [5.74, 6) is 0.419. The van der Waals surface area contributed by atoms with Gasteiger partial charge in [0.05, 0.1) is 17.7 Å². The molecule has 0 bridgehead atoms. The minimum absolute atomic E-state index is 0.0365. The van der Waals surface area contributed by atoms with E-state index in [-0.39, 0.29) is 23.9 Å². The first-order valence-electron chi connectivity index (χ1n) is 6.01. The van der Waals surface area contributed by atoms with Gasteiger partial charge in [-0.05, 0) is 37.2 Å². The largest absolute Gasteiger partial charge is 0.508 e. The second-order valence-electron chi connectivity index (χ2n) is 4.87. The van der Waals surface area contributed by atoms with Gasteiger partial charge in [-0.25, -0.2) is 0 Å². The van der Waals surface area contributed by atoms with Crippen molar-refractivity contribution in [2.24, 2.45) is 5.16 Å². The Morgan fingerprint density at radius 2 is 2.22 bits per heavy atom. The molecule has 0 aliphatic carbocycles. The van der Waals surface area contributed by atoms with Crippen LogP contribution in [0.3, 0.4) is 0 Å². The van der Waals surface area contributed by atoms with Crippen molar-refractivity contribution in [3.63, 3.8) is 0 Å². The molecule has 3 rings (SSSR count). The Morgan fingerprint density at radius 3 is 2.94 bits per heavy atom. The van der Waals surface area contributed by atoms with E-state index < -0.39 is 0 Å². The second-order valence-corrected chi connectivity index (χ2v) is 4.87. The highest BCUT2D eigenvalue weighted by atomic mass is 16.7. The summed E-state index contributed by atoms with van der Waals surface area (Å²) in [7, 11) is 1.99. The van der Waals surface area contributed by atoms with Crippen LogP contribution in [0.25, 0.3) is 0 Å². The van der Waals surface area contributed by atoms with Crippen molar-refractivity contribution in [1.82, 2.24) is 4.90 Å². The minimum Gasteiger partial charge on any atom is -0.508 e. The SMILES string of the molecule is C=C[C@@H]1c2cc(O)ccc2[C@H]2C(C)=NO[C@H]2N1C. The zero-order valence-corrected chi connectivity index (χ0v) is 10.5. The monoisotopic (exact) mass is 244 g/mol. The summed E-state index contributed by atoms with van der Waals surface area (Å²) in [6.45, 7) is 5.86. The Kier molecular flexibility index (Phi) is 2.41. The summed E-state index contributed by atoms with van der Waals surface area (Å²) >= 11 is 0. The van der Waals surface area contributed by atoms with Crippen LogP contribution < -0.4 is 0 Å². The quantitative estimate of drug-likeness (QED) is 0.771. The van der Waals surface area contributed by atoms with Gasteiger partial charge in [0.15, 0.2) is 6.23 Å². The van der Waals surface area contributed by atoms with Crippen LogP contribution in [0.2, 0.25) is 0 Å². The molecule has 0 fully saturated rings. The Morgan fingerprint density at radius 1 is 1.44 bits per heavy atom. The van der Waals surface area contributed by atoms with Crippen molar-refractivity contribution >= 4 is 5.71 Å². The lowest BCUT2D eigenvalue weighted by Crippen LogP contribution is -2.43. The van der Waals surface area contributed by atoms with Crippen LogP contribution in [0, 0.1) is 0 Å². The lowest BCUT2D eigenvalue weighted by molar-refractivity contribution is -0.0524. The highest BCUT2D eigenvalue weighted by Crippen LogP contribution is 2.44. The average molecular weight is 244 g/mol. The third kappa shape index (κ3) is 1.39. The minimum atomic E-state index is -0.0787. The highest BCUT2D eigenvalue weighted by molar-refractivity contribution is 5.90. The van der Waals surface area contributed by atoms with E-state index in [0.717, 1.165) is 11.3 Å². The van der Waals surface area contributed by atoms with Gasteiger partial charge in [0.2, 0.25) is 0 Å². The molecular formula is C14H16N2O2. The van der Waals surface area contributed by atoms with Crippen LogP contribution in [-0.4, -0.2) is 29.0 Å². The third-order valence-electron chi connectivity index (χ3n) is 3.83. The molecule has 94 valence electrons. The Balaban J connectivity index is 2.19. The van der Waals surface area contributed by atoms with E-state index in [9.17, 15) is 5.11 Å². The van der Waals surface area contributed by atoms with Gasteiger partial charge in [0.1, 0.15) is 5.75 Å². The van der Waals surface area contributed by atoms with Gasteiger partial charge in [0, 0.05) is 0 Å². The van der Waals surface area contributed by atoms with E-state index in [0.29, 0.717) is 0 Å². The van der Waals surface area contributed by atoms with Gasteiger partial charge in [-0.3, -0.25) is 4.90 Å². The molecule has 0 radical (unpaired) electrons. The number of phenols is 1. The average Bonchev–Trinajstić information content (AvgIpc) is 2.73. The van der Waals surface area contributed by atoms with Crippen LogP contribution in [0.4, 0.5) is 0 Å². The number of hydrogen-bond acceptors (Lipinski definition) is 4. The molecule has 2 aliphatic rings. The van der Waals surface area contributed by atoms with Gasteiger partial charge in [-0.2, -0.15) is 0 Å². The summed E-state index contributed by atoms with van der Waals surface area (Å²) in [5.41, 5.74) is 3.22. The second kappa shape index (κ2) is 3.85. The Bertz CT molecular complexity index is 539. The molecule has 1 N–H and O–H groups in total. The van der Waals surface area contributed by atoms with Gasteiger partial charge in [-0.15, -0.1) is 6.58 Å². The first-order chi connectivity index (χ1) is 8.63. The molecule has 0 saturated heterocycles. The maximum atomic E-state index is 9.68. The van der Waals surface area contributed by atoms with E-state index >= 15 is 0 Å². The number of hydrogen-bond donors (Lipinski definition) is 1. The van der Waals surface area contributed by atoms with Crippen LogP contribution in [0.5, 0.6) is 5.75 Å². The summed E-state index contributed by atoms with van der Waals surface area (Å²) in [6.07, 6.45) is 1.79. The normalized spacial score (nSPS) is 30.1. The predicted octanol–water partition coefficient (Wildman–Crippen LogP) is 2.38. The molecule has 4 nitrogen and oxygen atoms in total. The first-order valence-corrected chi connectivity index (χ1v) is 6.01. The van der Waals surface area contributed by atoms with Crippen LogP contribution in [0.15, 0.2) is 36.0 Å². The fraction of sp³-hybridized carbons (Fsp3) is 0.357. The molecule has 1 aromatic rings. The zero-order chi connectivity index (χ0) is 12.9. The smallest absolute Gasteiger partial charge is 0.194 e. The molecule has 0 spiro atoms. The fourth-order valence-corrected chi connectivity index (χ4v) is 2.92. The third-order valence-corrected chi connectivity index (χ3v) is 3.83. The maximum Gasteiger partial charge on any atom is 0.194 e. The molecule has 0 amide bonds. The first kappa shape index (κ1) is 11.3. The summed E-state index contributed by atoms with van der Waals surface area (Å²) in [6, 6.07) is 5.52. The number of rotatable bonds is 1. The Labute approximate surface area is 106 Å².